The molecule has 0 aliphatic rings. The Labute approximate surface area is 108 Å². The van der Waals surface area contributed by atoms with Crippen LogP contribution in [0.25, 0.3) is 0 Å². The van der Waals surface area contributed by atoms with Crippen molar-refractivity contribution in [1.82, 2.24) is 0 Å². The molecule has 3 nitrogen and oxygen atoms in total. The highest BCUT2D eigenvalue weighted by Gasteiger charge is 2.10. The van der Waals surface area contributed by atoms with Crippen molar-refractivity contribution in [2.45, 2.75) is 6.04 Å². The van der Waals surface area contributed by atoms with E-state index >= 15 is 0 Å². The molecular formula is C12H12ClNO2S. The predicted octanol–water partition coefficient (Wildman–Crippen LogP) is 3.19. The number of ether oxygens (including phenoxy) is 1. The third-order valence-corrected chi connectivity index (χ3v) is 3.61. The number of phenols is 1. The number of benzene rings is 1. The van der Waals surface area contributed by atoms with Crippen molar-refractivity contribution in [3.05, 3.63) is 45.6 Å². The summed E-state index contributed by atoms with van der Waals surface area (Å²) in [6, 6.07) is 10.2. The molecule has 90 valence electrons. The van der Waals surface area contributed by atoms with Crippen LogP contribution in [0.5, 0.6) is 11.5 Å². The minimum Gasteiger partial charge on any atom is -0.504 e. The summed E-state index contributed by atoms with van der Waals surface area (Å²) in [6.07, 6.45) is 0. The second-order valence-corrected chi connectivity index (χ2v) is 5.27. The lowest BCUT2D eigenvalue weighted by Gasteiger charge is -2.12. The number of rotatable bonds is 4. The average molecular weight is 270 g/mol. The van der Waals surface area contributed by atoms with Gasteiger partial charge in [0.1, 0.15) is 6.61 Å². The fourth-order valence-corrected chi connectivity index (χ4v) is 2.42. The largest absolute Gasteiger partial charge is 0.504 e. The van der Waals surface area contributed by atoms with Gasteiger partial charge in [-0.25, -0.2) is 0 Å². The van der Waals surface area contributed by atoms with Gasteiger partial charge < -0.3 is 15.6 Å². The zero-order chi connectivity index (χ0) is 12.3. The lowest BCUT2D eigenvalue weighted by atomic mass is 10.2. The fraction of sp³-hybridized carbons (Fsp3) is 0.167. The fourth-order valence-electron chi connectivity index (χ4n) is 1.37. The highest BCUT2D eigenvalue weighted by molar-refractivity contribution is 7.16. The van der Waals surface area contributed by atoms with Crippen LogP contribution in [-0.2, 0) is 0 Å². The number of nitrogens with two attached hydrogens (primary N) is 1. The van der Waals surface area contributed by atoms with Crippen LogP contribution in [0.1, 0.15) is 10.9 Å². The molecule has 1 aromatic carbocycles. The molecule has 0 saturated carbocycles. The standard InChI is InChI=1S/C12H12ClNO2S/c13-12-6-5-11(17-12)8(14)7-16-10-4-2-1-3-9(10)15/h1-6,8,15H,7,14H2. The van der Waals surface area contributed by atoms with E-state index in [1.165, 1.54) is 11.3 Å². The highest BCUT2D eigenvalue weighted by atomic mass is 35.5. The van der Waals surface area contributed by atoms with Gasteiger partial charge in [-0.3, -0.25) is 0 Å². The van der Waals surface area contributed by atoms with E-state index < -0.39 is 0 Å². The Morgan fingerprint density at radius 3 is 2.71 bits per heavy atom. The first-order valence-electron chi connectivity index (χ1n) is 5.08. The Hall–Kier alpha value is -1.23. The highest BCUT2D eigenvalue weighted by Crippen LogP contribution is 2.28. The average Bonchev–Trinajstić information content (AvgIpc) is 2.74. The summed E-state index contributed by atoms with van der Waals surface area (Å²) in [4.78, 5) is 0.963. The summed E-state index contributed by atoms with van der Waals surface area (Å²) in [6.45, 7) is 0.300. The van der Waals surface area contributed by atoms with Gasteiger partial charge in [-0.15, -0.1) is 11.3 Å². The zero-order valence-electron chi connectivity index (χ0n) is 8.97. The van der Waals surface area contributed by atoms with Gasteiger partial charge in [0.15, 0.2) is 11.5 Å². The molecule has 2 aromatic rings. The molecule has 0 radical (unpaired) electrons. The molecular weight excluding hydrogens is 258 g/mol. The van der Waals surface area contributed by atoms with E-state index in [1.54, 1.807) is 30.3 Å². The molecule has 0 aliphatic carbocycles. The van der Waals surface area contributed by atoms with Crippen LogP contribution in [0.3, 0.4) is 0 Å². The molecule has 0 fully saturated rings. The Morgan fingerprint density at radius 1 is 1.29 bits per heavy atom. The number of aromatic hydroxyl groups is 1. The number of hydrogen-bond acceptors (Lipinski definition) is 4. The van der Waals surface area contributed by atoms with Gasteiger partial charge in [0, 0.05) is 4.88 Å². The van der Waals surface area contributed by atoms with Crippen molar-refractivity contribution in [2.75, 3.05) is 6.61 Å². The normalized spacial score (nSPS) is 12.4. The minimum atomic E-state index is -0.243. The van der Waals surface area contributed by atoms with E-state index in [2.05, 4.69) is 0 Å². The van der Waals surface area contributed by atoms with Crippen LogP contribution in [0.4, 0.5) is 0 Å². The maximum atomic E-state index is 9.51. The first-order valence-corrected chi connectivity index (χ1v) is 6.28. The molecule has 1 atom stereocenters. The molecule has 1 heterocycles. The van der Waals surface area contributed by atoms with Crippen LogP contribution in [-0.4, -0.2) is 11.7 Å². The molecule has 0 aliphatic heterocycles. The van der Waals surface area contributed by atoms with Crippen LogP contribution < -0.4 is 10.5 Å². The van der Waals surface area contributed by atoms with Gasteiger partial charge in [-0.1, -0.05) is 23.7 Å². The van der Waals surface area contributed by atoms with Crippen molar-refractivity contribution in [1.29, 1.82) is 0 Å². The molecule has 0 bridgehead atoms. The summed E-state index contributed by atoms with van der Waals surface area (Å²) in [5.74, 6) is 0.550. The van der Waals surface area contributed by atoms with E-state index in [0.29, 0.717) is 16.7 Å². The molecule has 17 heavy (non-hydrogen) atoms. The van der Waals surface area contributed by atoms with Crippen LogP contribution >= 0.6 is 22.9 Å². The zero-order valence-corrected chi connectivity index (χ0v) is 10.5. The SMILES string of the molecule is NC(COc1ccccc1O)c1ccc(Cl)s1. The maximum absolute atomic E-state index is 9.51. The number of para-hydroxylation sites is 2. The molecule has 0 amide bonds. The Morgan fingerprint density at radius 2 is 2.06 bits per heavy atom. The monoisotopic (exact) mass is 269 g/mol. The van der Waals surface area contributed by atoms with Crippen molar-refractivity contribution in [3.63, 3.8) is 0 Å². The van der Waals surface area contributed by atoms with Crippen LogP contribution in [0, 0.1) is 0 Å². The van der Waals surface area contributed by atoms with Gasteiger partial charge in [0.25, 0.3) is 0 Å². The Balaban J connectivity index is 1.97. The molecule has 1 unspecified atom stereocenters. The molecule has 5 heteroatoms. The first kappa shape index (κ1) is 12.2. The minimum absolute atomic E-state index is 0.115. The van der Waals surface area contributed by atoms with Crippen LogP contribution in [0.2, 0.25) is 4.34 Å². The van der Waals surface area contributed by atoms with Gasteiger partial charge in [0.2, 0.25) is 0 Å². The van der Waals surface area contributed by atoms with Gasteiger partial charge in [-0.2, -0.15) is 0 Å². The van der Waals surface area contributed by atoms with E-state index in [0.717, 1.165) is 4.88 Å². The molecule has 0 saturated heterocycles. The Bertz CT molecular complexity index is 501. The van der Waals surface area contributed by atoms with Gasteiger partial charge in [-0.05, 0) is 24.3 Å². The van der Waals surface area contributed by atoms with Crippen LogP contribution in [0.15, 0.2) is 36.4 Å². The number of thiophene rings is 1. The summed E-state index contributed by atoms with van der Waals surface area (Å²) in [5, 5.41) is 9.51. The van der Waals surface area contributed by atoms with Gasteiger partial charge in [0.05, 0.1) is 10.4 Å². The number of hydrogen-bond donors (Lipinski definition) is 2. The summed E-state index contributed by atoms with van der Waals surface area (Å²) in [5.41, 5.74) is 5.95. The third kappa shape index (κ3) is 3.12. The topological polar surface area (TPSA) is 55.5 Å². The second kappa shape index (κ2) is 5.40. The second-order valence-electron chi connectivity index (χ2n) is 3.53. The summed E-state index contributed by atoms with van der Waals surface area (Å²) >= 11 is 7.26. The lowest BCUT2D eigenvalue weighted by Crippen LogP contribution is -2.17. The molecule has 0 spiro atoms. The van der Waals surface area contributed by atoms with Crippen molar-refractivity contribution in [3.8, 4) is 11.5 Å². The van der Waals surface area contributed by atoms with Crippen molar-refractivity contribution in [2.24, 2.45) is 5.73 Å². The first-order chi connectivity index (χ1) is 8.16. The van der Waals surface area contributed by atoms with Gasteiger partial charge >= 0.3 is 0 Å². The third-order valence-electron chi connectivity index (χ3n) is 2.24. The van der Waals surface area contributed by atoms with E-state index in [1.807, 2.05) is 6.07 Å². The molecule has 1 aromatic heterocycles. The summed E-state index contributed by atoms with van der Waals surface area (Å²) in [7, 11) is 0. The van der Waals surface area contributed by atoms with Crippen molar-refractivity contribution >= 4 is 22.9 Å². The number of phenolic OH excluding ortho intramolecular Hbond substituents is 1. The predicted molar refractivity (Wildman–Crippen MR) is 69.9 cm³/mol. The van der Waals surface area contributed by atoms with E-state index in [4.69, 9.17) is 22.1 Å². The van der Waals surface area contributed by atoms with E-state index in [-0.39, 0.29) is 11.8 Å². The lowest BCUT2D eigenvalue weighted by molar-refractivity contribution is 0.278. The van der Waals surface area contributed by atoms with Crippen molar-refractivity contribution < 1.29 is 9.84 Å². The number of halogens is 1. The summed E-state index contributed by atoms with van der Waals surface area (Å²) < 4.78 is 6.16. The Kier molecular flexibility index (Phi) is 3.89. The maximum Gasteiger partial charge on any atom is 0.161 e. The quantitative estimate of drug-likeness (QED) is 0.896. The molecule has 3 N–H and O–H groups in total. The van der Waals surface area contributed by atoms with E-state index in [9.17, 15) is 5.11 Å². The smallest absolute Gasteiger partial charge is 0.161 e. The molecule has 2 rings (SSSR count).